The van der Waals surface area contributed by atoms with Gasteiger partial charge in [0.2, 0.25) is 0 Å². The third kappa shape index (κ3) is 4.13. The minimum atomic E-state index is -1.63. The number of nitrogens with zero attached hydrogens (tertiary/aromatic N) is 2. The number of hydrogen-bond acceptors (Lipinski definition) is 6. The topological polar surface area (TPSA) is 140 Å². The summed E-state index contributed by atoms with van der Waals surface area (Å²) in [6.45, 7) is 3.68. The zero-order valence-electron chi connectivity index (χ0n) is 15.7. The second-order valence-corrected chi connectivity index (χ2v) is 6.99. The second-order valence-electron chi connectivity index (χ2n) is 6.99. The summed E-state index contributed by atoms with van der Waals surface area (Å²) in [5.74, 6) is -4.28. The van der Waals surface area contributed by atoms with E-state index in [2.05, 4.69) is 9.80 Å². The van der Waals surface area contributed by atoms with Crippen LogP contribution in [0.15, 0.2) is 23.0 Å². The number of aromatic amines is 1. The summed E-state index contributed by atoms with van der Waals surface area (Å²) in [5.41, 5.74) is 3.08. The Morgan fingerprint density at radius 2 is 1.76 bits per heavy atom. The number of halogens is 1. The molecule has 3 rings (SSSR count). The summed E-state index contributed by atoms with van der Waals surface area (Å²) >= 11 is 0. The fourth-order valence-electron chi connectivity index (χ4n) is 3.41. The molecule has 2 aromatic rings. The summed E-state index contributed by atoms with van der Waals surface area (Å²) in [7, 11) is 2.01. The Morgan fingerprint density at radius 1 is 1.14 bits per heavy atom. The van der Waals surface area contributed by atoms with Gasteiger partial charge in [0.05, 0.1) is 0 Å². The van der Waals surface area contributed by atoms with Gasteiger partial charge in [-0.2, -0.15) is 0 Å². The second kappa shape index (κ2) is 8.02. The Balaban J connectivity index is 2.05. The normalized spacial score (nSPS) is 15.4. The van der Waals surface area contributed by atoms with Crippen molar-refractivity contribution in [3.05, 3.63) is 51.1 Å². The minimum Gasteiger partial charge on any atom is -0.478 e. The van der Waals surface area contributed by atoms with E-state index in [1.165, 1.54) is 12.1 Å². The molecular weight excluding hydrogens is 383 g/mol. The van der Waals surface area contributed by atoms with Crippen LogP contribution in [0.1, 0.15) is 26.3 Å². The number of carbonyl (C=O) groups is 2. The van der Waals surface area contributed by atoms with Crippen LogP contribution in [0.5, 0.6) is 0 Å². The Hall–Kier alpha value is -3.24. The van der Waals surface area contributed by atoms with Crippen LogP contribution >= 0.6 is 0 Å². The predicted molar refractivity (Wildman–Crippen MR) is 104 cm³/mol. The minimum absolute atomic E-state index is 0.0442. The summed E-state index contributed by atoms with van der Waals surface area (Å²) < 4.78 is 14.8. The highest BCUT2D eigenvalue weighted by molar-refractivity contribution is 6.07. The molecule has 1 aliphatic heterocycles. The molecule has 0 bridgehead atoms. The van der Waals surface area contributed by atoms with Gasteiger partial charge < -0.3 is 25.8 Å². The van der Waals surface area contributed by atoms with E-state index >= 15 is 0 Å². The molecule has 0 saturated carbocycles. The number of H-pyrrole nitrogens is 1. The van der Waals surface area contributed by atoms with Crippen LogP contribution < -0.4 is 11.3 Å². The van der Waals surface area contributed by atoms with Crippen molar-refractivity contribution in [3.63, 3.8) is 0 Å². The Bertz CT molecular complexity index is 1030. The zero-order chi connectivity index (χ0) is 21.3. The van der Waals surface area contributed by atoms with Crippen LogP contribution in [0.25, 0.3) is 11.1 Å². The number of aromatic nitrogens is 1. The molecular formula is C19H21FN4O5. The van der Waals surface area contributed by atoms with Crippen molar-refractivity contribution in [2.45, 2.75) is 6.54 Å². The van der Waals surface area contributed by atoms with Gasteiger partial charge in [0.25, 0.3) is 5.56 Å². The number of hydrogen-bond donors (Lipinski definition) is 4. The first-order valence-corrected chi connectivity index (χ1v) is 8.91. The number of nitrogen functional groups attached to an aromatic ring is 1. The average Bonchev–Trinajstić information content (AvgIpc) is 2.63. The van der Waals surface area contributed by atoms with Gasteiger partial charge >= 0.3 is 11.9 Å². The average molecular weight is 404 g/mol. The largest absolute Gasteiger partial charge is 0.478 e. The lowest BCUT2D eigenvalue weighted by atomic mass is 9.94. The van der Waals surface area contributed by atoms with Crippen molar-refractivity contribution in [2.24, 2.45) is 0 Å². The number of piperazine rings is 1. The molecule has 0 atom stereocenters. The number of pyridine rings is 1. The molecule has 1 fully saturated rings. The van der Waals surface area contributed by atoms with E-state index in [1.807, 2.05) is 12.0 Å². The van der Waals surface area contributed by atoms with Gasteiger partial charge in [-0.3, -0.25) is 9.69 Å². The molecule has 154 valence electrons. The summed E-state index contributed by atoms with van der Waals surface area (Å²) in [6.07, 6.45) is 0. The Morgan fingerprint density at radius 3 is 2.31 bits per heavy atom. The number of carboxylic acids is 2. The highest BCUT2D eigenvalue weighted by Gasteiger charge is 2.27. The third-order valence-corrected chi connectivity index (χ3v) is 5.00. The van der Waals surface area contributed by atoms with Crippen molar-refractivity contribution in [2.75, 3.05) is 39.0 Å². The number of benzene rings is 1. The molecule has 2 heterocycles. The van der Waals surface area contributed by atoms with E-state index in [0.29, 0.717) is 12.1 Å². The smallest absolute Gasteiger partial charge is 0.342 e. The monoisotopic (exact) mass is 404 g/mol. The summed E-state index contributed by atoms with van der Waals surface area (Å²) in [5, 5.41) is 18.9. The van der Waals surface area contributed by atoms with Crippen LogP contribution in [0.3, 0.4) is 0 Å². The van der Waals surface area contributed by atoms with Crippen molar-refractivity contribution >= 4 is 17.8 Å². The van der Waals surface area contributed by atoms with E-state index in [-0.39, 0.29) is 5.56 Å². The molecule has 0 spiro atoms. The third-order valence-electron chi connectivity index (χ3n) is 5.00. The van der Waals surface area contributed by atoms with Gasteiger partial charge in [-0.1, -0.05) is 12.1 Å². The van der Waals surface area contributed by atoms with E-state index in [4.69, 9.17) is 5.73 Å². The first-order valence-electron chi connectivity index (χ1n) is 8.91. The van der Waals surface area contributed by atoms with E-state index in [9.17, 15) is 29.0 Å². The van der Waals surface area contributed by atoms with Crippen molar-refractivity contribution < 1.29 is 24.2 Å². The maximum absolute atomic E-state index is 14.8. The number of rotatable bonds is 5. The zero-order valence-corrected chi connectivity index (χ0v) is 15.7. The fourth-order valence-corrected chi connectivity index (χ4v) is 3.41. The number of anilines is 1. The molecule has 1 aliphatic rings. The lowest BCUT2D eigenvalue weighted by molar-refractivity contribution is 0.0695. The number of carboxylic acid groups (broad SMARTS) is 2. The van der Waals surface area contributed by atoms with Crippen LogP contribution in [0, 0.1) is 5.82 Å². The van der Waals surface area contributed by atoms with Crippen LogP contribution in [0.2, 0.25) is 0 Å². The van der Waals surface area contributed by atoms with Gasteiger partial charge in [-0.15, -0.1) is 0 Å². The number of aromatic carboxylic acids is 2. The first kappa shape index (κ1) is 20.5. The molecule has 1 aromatic carbocycles. The highest BCUT2D eigenvalue weighted by Crippen LogP contribution is 2.30. The van der Waals surface area contributed by atoms with E-state index in [1.54, 1.807) is 0 Å². The first-order chi connectivity index (χ1) is 13.7. The quantitative estimate of drug-likeness (QED) is 0.576. The van der Waals surface area contributed by atoms with Crippen LogP contribution in [-0.4, -0.2) is 70.2 Å². The number of nitrogens with one attached hydrogen (secondary N) is 1. The van der Waals surface area contributed by atoms with E-state index < -0.39 is 45.8 Å². The summed E-state index contributed by atoms with van der Waals surface area (Å²) in [4.78, 5) is 41.6. The predicted octanol–water partition coefficient (Wildman–Crippen LogP) is 0.907. The molecule has 0 unspecified atom stereocenters. The highest BCUT2D eigenvalue weighted by atomic mass is 19.1. The SMILES string of the molecule is CN1CCN(Cc2ccc(-c3c(C(=O)O)c(N)[nH]c(=O)c3C(=O)O)cc2F)CC1. The molecule has 0 aliphatic carbocycles. The molecule has 1 aromatic heterocycles. The number of likely N-dealkylation sites (N-methyl/N-ethyl adjacent to an activating group) is 1. The van der Waals surface area contributed by atoms with Gasteiger partial charge in [-0.25, -0.2) is 14.0 Å². The molecule has 10 heteroatoms. The molecule has 1 saturated heterocycles. The molecule has 0 amide bonds. The lowest BCUT2D eigenvalue weighted by Crippen LogP contribution is -2.44. The number of nitrogens with two attached hydrogens (primary N) is 1. The van der Waals surface area contributed by atoms with Gasteiger partial charge in [0.1, 0.15) is 22.8 Å². The van der Waals surface area contributed by atoms with Crippen molar-refractivity contribution in [1.29, 1.82) is 0 Å². The molecule has 0 radical (unpaired) electrons. The van der Waals surface area contributed by atoms with Gasteiger partial charge in [0, 0.05) is 43.9 Å². The Labute approximate surface area is 165 Å². The molecule has 5 N–H and O–H groups in total. The maximum atomic E-state index is 14.8. The van der Waals surface area contributed by atoms with E-state index in [0.717, 1.165) is 32.2 Å². The van der Waals surface area contributed by atoms with Crippen molar-refractivity contribution in [3.8, 4) is 11.1 Å². The Kier molecular flexibility index (Phi) is 5.66. The van der Waals surface area contributed by atoms with Gasteiger partial charge in [0.15, 0.2) is 0 Å². The molecule has 29 heavy (non-hydrogen) atoms. The standard InChI is InChI=1S/C19H21FN4O5/c1-23-4-6-24(7-5-23)9-11-3-2-10(8-12(11)20)13-14(18(26)27)16(21)22-17(25)15(13)19(28)29/h2-3,8H,4-7,9H2,1H3,(H,26,27)(H,28,29)(H3,21,22,25). The van der Waals surface area contributed by atoms with Crippen molar-refractivity contribution in [1.82, 2.24) is 14.8 Å². The van der Waals surface area contributed by atoms with Gasteiger partial charge in [-0.05, 0) is 18.7 Å². The van der Waals surface area contributed by atoms with Crippen LogP contribution in [-0.2, 0) is 6.54 Å². The molecule has 9 nitrogen and oxygen atoms in total. The maximum Gasteiger partial charge on any atom is 0.342 e. The summed E-state index contributed by atoms with van der Waals surface area (Å²) in [6, 6.07) is 3.91. The lowest BCUT2D eigenvalue weighted by Gasteiger charge is -2.32. The fraction of sp³-hybridized carbons (Fsp3) is 0.316. The van der Waals surface area contributed by atoms with Crippen LogP contribution in [0.4, 0.5) is 10.2 Å².